The summed E-state index contributed by atoms with van der Waals surface area (Å²) in [6, 6.07) is 12.7. The Bertz CT molecular complexity index is 582. The highest BCUT2D eigenvalue weighted by Gasteiger charge is 2.13. The fourth-order valence-electron chi connectivity index (χ4n) is 1.96. The molecule has 0 fully saturated rings. The molecule has 2 nitrogen and oxygen atoms in total. The van der Waals surface area contributed by atoms with E-state index in [2.05, 4.69) is 0 Å². The lowest BCUT2D eigenvalue weighted by Gasteiger charge is -2.16. The van der Waals surface area contributed by atoms with E-state index in [9.17, 15) is 0 Å². The molecule has 0 amide bonds. The lowest BCUT2D eigenvalue weighted by molar-refractivity contribution is 0.242. The van der Waals surface area contributed by atoms with Crippen LogP contribution in [-0.2, 0) is 0 Å². The summed E-state index contributed by atoms with van der Waals surface area (Å²) in [5.74, 6) is 0.827. The number of hydrogen-bond donors (Lipinski definition) is 1. The molecule has 1 unspecified atom stereocenters. The second kappa shape index (κ2) is 6.49. The molecular weight excluding hydrogens is 293 g/mol. The van der Waals surface area contributed by atoms with Gasteiger partial charge in [-0.3, -0.25) is 0 Å². The van der Waals surface area contributed by atoms with Crippen molar-refractivity contribution in [2.45, 2.75) is 26.0 Å². The van der Waals surface area contributed by atoms with Crippen LogP contribution in [0.2, 0.25) is 10.0 Å². The summed E-state index contributed by atoms with van der Waals surface area (Å²) in [6.07, 6.45) is 0.150. The Morgan fingerprint density at radius 1 is 1.00 bits per heavy atom. The van der Waals surface area contributed by atoms with Crippen molar-refractivity contribution >= 4 is 23.2 Å². The molecule has 20 heavy (non-hydrogen) atoms. The quantitative estimate of drug-likeness (QED) is 0.878. The van der Waals surface area contributed by atoms with Crippen LogP contribution < -0.4 is 10.5 Å². The fraction of sp³-hybridized carbons (Fsp3) is 0.250. The van der Waals surface area contributed by atoms with Gasteiger partial charge in [-0.25, -0.2) is 0 Å². The van der Waals surface area contributed by atoms with Crippen molar-refractivity contribution in [2.75, 3.05) is 0 Å². The molecule has 0 heterocycles. The topological polar surface area (TPSA) is 35.2 Å². The highest BCUT2D eigenvalue weighted by molar-refractivity contribution is 6.33. The van der Waals surface area contributed by atoms with E-state index in [1.165, 1.54) is 0 Å². The third kappa shape index (κ3) is 3.66. The molecule has 0 saturated heterocycles. The highest BCUT2D eigenvalue weighted by Crippen LogP contribution is 2.29. The third-order valence-corrected chi connectivity index (χ3v) is 3.48. The first-order chi connectivity index (χ1) is 9.47. The van der Waals surface area contributed by atoms with E-state index in [4.69, 9.17) is 33.7 Å². The first-order valence-electron chi connectivity index (χ1n) is 6.44. The molecular formula is C16H17Cl2NO. The van der Waals surface area contributed by atoms with Gasteiger partial charge in [-0.2, -0.15) is 0 Å². The molecule has 2 aromatic carbocycles. The summed E-state index contributed by atoms with van der Waals surface area (Å²) in [6.45, 7) is 3.98. The second-order valence-electron chi connectivity index (χ2n) is 4.88. The summed E-state index contributed by atoms with van der Waals surface area (Å²) in [5, 5.41) is 1.24. The Balaban J connectivity index is 2.24. The Labute approximate surface area is 129 Å². The number of halogens is 2. The largest absolute Gasteiger partial charge is 0.491 e. The van der Waals surface area contributed by atoms with E-state index >= 15 is 0 Å². The van der Waals surface area contributed by atoms with Gasteiger partial charge < -0.3 is 10.5 Å². The Morgan fingerprint density at radius 2 is 1.65 bits per heavy atom. The van der Waals surface area contributed by atoms with Gasteiger partial charge in [0.1, 0.15) is 5.75 Å². The Morgan fingerprint density at radius 3 is 2.25 bits per heavy atom. The number of ether oxygens (including phenoxy) is 1. The molecule has 0 spiro atoms. The predicted octanol–water partition coefficient (Wildman–Crippen LogP) is 4.83. The molecule has 0 saturated carbocycles. The van der Waals surface area contributed by atoms with Gasteiger partial charge in [0, 0.05) is 10.0 Å². The summed E-state index contributed by atoms with van der Waals surface area (Å²) in [5.41, 5.74) is 8.03. The average Bonchev–Trinajstić information content (AvgIpc) is 2.41. The first-order valence-corrected chi connectivity index (χ1v) is 7.20. The maximum atomic E-state index is 6.25. The molecule has 106 valence electrons. The van der Waals surface area contributed by atoms with Gasteiger partial charge in [-0.05, 0) is 55.3 Å². The zero-order chi connectivity index (χ0) is 14.7. The summed E-state index contributed by atoms with van der Waals surface area (Å²) >= 11 is 12.2. The standard InChI is InChI=1S/C16H17Cl2NO/c1-10(2)20-13-6-3-11(4-7-13)16(19)14-9-12(17)5-8-15(14)18/h3-10,16H,19H2,1-2H3. The fourth-order valence-corrected chi connectivity index (χ4v) is 2.37. The van der Waals surface area contributed by atoms with Crippen LogP contribution in [0.15, 0.2) is 42.5 Å². The normalized spacial score (nSPS) is 12.5. The van der Waals surface area contributed by atoms with E-state index in [-0.39, 0.29) is 12.1 Å². The van der Waals surface area contributed by atoms with E-state index < -0.39 is 0 Å². The van der Waals surface area contributed by atoms with Gasteiger partial charge in [0.15, 0.2) is 0 Å². The van der Waals surface area contributed by atoms with Crippen LogP contribution >= 0.6 is 23.2 Å². The van der Waals surface area contributed by atoms with Crippen molar-refractivity contribution in [1.82, 2.24) is 0 Å². The van der Waals surface area contributed by atoms with Crippen LogP contribution in [0.5, 0.6) is 5.75 Å². The monoisotopic (exact) mass is 309 g/mol. The van der Waals surface area contributed by atoms with Crippen molar-refractivity contribution in [3.63, 3.8) is 0 Å². The maximum absolute atomic E-state index is 6.25. The van der Waals surface area contributed by atoms with Gasteiger partial charge >= 0.3 is 0 Å². The van der Waals surface area contributed by atoms with Crippen molar-refractivity contribution in [1.29, 1.82) is 0 Å². The summed E-state index contributed by atoms with van der Waals surface area (Å²) < 4.78 is 5.61. The van der Waals surface area contributed by atoms with E-state index in [0.717, 1.165) is 16.9 Å². The average molecular weight is 310 g/mol. The zero-order valence-electron chi connectivity index (χ0n) is 11.4. The number of benzene rings is 2. The maximum Gasteiger partial charge on any atom is 0.119 e. The van der Waals surface area contributed by atoms with Crippen LogP contribution in [0.4, 0.5) is 0 Å². The highest BCUT2D eigenvalue weighted by atomic mass is 35.5. The van der Waals surface area contributed by atoms with Crippen LogP contribution in [-0.4, -0.2) is 6.10 Å². The molecule has 0 bridgehead atoms. The minimum Gasteiger partial charge on any atom is -0.491 e. The molecule has 2 rings (SSSR count). The third-order valence-electron chi connectivity index (χ3n) is 2.90. The lowest BCUT2D eigenvalue weighted by atomic mass is 9.99. The van der Waals surface area contributed by atoms with E-state index in [1.807, 2.05) is 38.1 Å². The van der Waals surface area contributed by atoms with E-state index in [0.29, 0.717) is 10.0 Å². The molecule has 1 atom stereocenters. The van der Waals surface area contributed by atoms with Crippen molar-refractivity contribution in [3.8, 4) is 5.75 Å². The van der Waals surface area contributed by atoms with E-state index in [1.54, 1.807) is 18.2 Å². The van der Waals surface area contributed by atoms with Crippen molar-refractivity contribution < 1.29 is 4.74 Å². The number of nitrogens with two attached hydrogens (primary N) is 1. The molecule has 2 aromatic rings. The molecule has 0 aliphatic carbocycles. The van der Waals surface area contributed by atoms with Gasteiger partial charge in [0.25, 0.3) is 0 Å². The molecule has 0 radical (unpaired) electrons. The Kier molecular flexibility index (Phi) is 4.92. The van der Waals surface area contributed by atoms with Crippen LogP contribution in [0, 0.1) is 0 Å². The van der Waals surface area contributed by atoms with Crippen LogP contribution in [0.3, 0.4) is 0 Å². The second-order valence-corrected chi connectivity index (χ2v) is 5.72. The minimum atomic E-state index is -0.311. The van der Waals surface area contributed by atoms with Crippen LogP contribution in [0.25, 0.3) is 0 Å². The summed E-state index contributed by atoms with van der Waals surface area (Å²) in [4.78, 5) is 0. The minimum absolute atomic E-state index is 0.150. The number of rotatable bonds is 4. The Hall–Kier alpha value is -1.22. The number of hydrogen-bond acceptors (Lipinski definition) is 2. The smallest absolute Gasteiger partial charge is 0.119 e. The first kappa shape index (κ1) is 15.2. The van der Waals surface area contributed by atoms with Gasteiger partial charge in [0.05, 0.1) is 12.1 Å². The molecule has 0 aromatic heterocycles. The van der Waals surface area contributed by atoms with Gasteiger partial charge in [-0.1, -0.05) is 35.3 Å². The molecule has 0 aliphatic heterocycles. The van der Waals surface area contributed by atoms with Crippen molar-refractivity contribution in [2.24, 2.45) is 5.73 Å². The molecule has 0 aliphatic rings. The van der Waals surface area contributed by atoms with Crippen LogP contribution in [0.1, 0.15) is 31.0 Å². The molecule has 2 N–H and O–H groups in total. The summed E-state index contributed by atoms with van der Waals surface area (Å²) in [7, 11) is 0. The predicted molar refractivity (Wildman–Crippen MR) is 84.7 cm³/mol. The van der Waals surface area contributed by atoms with Crippen molar-refractivity contribution in [3.05, 3.63) is 63.6 Å². The zero-order valence-corrected chi connectivity index (χ0v) is 12.9. The molecule has 4 heteroatoms. The SMILES string of the molecule is CC(C)Oc1ccc(C(N)c2cc(Cl)ccc2Cl)cc1. The lowest BCUT2D eigenvalue weighted by Crippen LogP contribution is -2.12. The van der Waals surface area contributed by atoms with Gasteiger partial charge in [-0.15, -0.1) is 0 Å². The van der Waals surface area contributed by atoms with Gasteiger partial charge in [0.2, 0.25) is 0 Å².